The van der Waals surface area contributed by atoms with Gasteiger partial charge in [0.2, 0.25) is 11.8 Å². The normalized spacial score (nSPS) is 16.2. The number of carbonyl (C=O) groups excluding carboxylic acids is 2. The molecule has 0 aromatic rings. The van der Waals surface area contributed by atoms with Crippen LogP contribution < -0.4 is 11.1 Å². The van der Waals surface area contributed by atoms with Crippen molar-refractivity contribution in [3.8, 4) is 0 Å². The average Bonchev–Trinajstić information content (AvgIpc) is 2.23. The first-order valence-electron chi connectivity index (χ1n) is 5.99. The number of hydrogen-bond donors (Lipinski definition) is 2. The standard InChI is InChI=1S/C12H24N2O2/c1-5-8(3)12(14-11(16)6-2)9(4)7-10(13)15/h8-9,12H,5-7H2,1-4H3,(H2,13,15)(H,14,16). The summed E-state index contributed by atoms with van der Waals surface area (Å²) in [4.78, 5) is 22.3. The molecule has 16 heavy (non-hydrogen) atoms. The molecule has 0 fully saturated rings. The molecule has 3 unspecified atom stereocenters. The van der Waals surface area contributed by atoms with E-state index in [1.165, 1.54) is 0 Å². The molecule has 0 saturated heterocycles. The lowest BCUT2D eigenvalue weighted by Gasteiger charge is -2.29. The Hall–Kier alpha value is -1.06. The molecule has 0 aliphatic heterocycles. The number of amides is 2. The zero-order chi connectivity index (χ0) is 12.7. The largest absolute Gasteiger partial charge is 0.370 e. The van der Waals surface area contributed by atoms with Gasteiger partial charge in [-0.3, -0.25) is 9.59 Å². The Morgan fingerprint density at radius 1 is 1.19 bits per heavy atom. The van der Waals surface area contributed by atoms with Gasteiger partial charge in [0.15, 0.2) is 0 Å². The second-order valence-corrected chi connectivity index (χ2v) is 4.48. The summed E-state index contributed by atoms with van der Waals surface area (Å²) >= 11 is 0. The van der Waals surface area contributed by atoms with E-state index in [1.54, 1.807) is 0 Å². The van der Waals surface area contributed by atoms with Crippen LogP contribution in [0, 0.1) is 11.8 Å². The van der Waals surface area contributed by atoms with Gasteiger partial charge in [-0.05, 0) is 11.8 Å². The first-order chi connectivity index (χ1) is 7.42. The molecule has 94 valence electrons. The summed E-state index contributed by atoms with van der Waals surface area (Å²) in [6.45, 7) is 7.93. The van der Waals surface area contributed by atoms with Crippen LogP contribution in [0.2, 0.25) is 0 Å². The van der Waals surface area contributed by atoms with E-state index in [-0.39, 0.29) is 23.8 Å². The zero-order valence-electron chi connectivity index (χ0n) is 10.7. The minimum atomic E-state index is -0.313. The Bertz CT molecular complexity index is 241. The molecular formula is C12H24N2O2. The summed E-state index contributed by atoms with van der Waals surface area (Å²) in [6, 6.07) is 0.0324. The number of carbonyl (C=O) groups is 2. The molecule has 0 aliphatic carbocycles. The number of hydrogen-bond acceptors (Lipinski definition) is 2. The smallest absolute Gasteiger partial charge is 0.219 e. The summed E-state index contributed by atoms with van der Waals surface area (Å²) < 4.78 is 0. The third-order valence-electron chi connectivity index (χ3n) is 3.04. The van der Waals surface area contributed by atoms with Gasteiger partial charge in [0.1, 0.15) is 0 Å². The van der Waals surface area contributed by atoms with E-state index in [1.807, 2.05) is 13.8 Å². The maximum Gasteiger partial charge on any atom is 0.219 e. The van der Waals surface area contributed by atoms with E-state index < -0.39 is 0 Å². The van der Waals surface area contributed by atoms with Gasteiger partial charge in [0.05, 0.1) is 0 Å². The minimum absolute atomic E-state index is 0.0293. The van der Waals surface area contributed by atoms with Crippen LogP contribution in [0.1, 0.15) is 47.0 Å². The lowest BCUT2D eigenvalue weighted by Crippen LogP contribution is -2.44. The monoisotopic (exact) mass is 228 g/mol. The van der Waals surface area contributed by atoms with Gasteiger partial charge in [-0.1, -0.05) is 34.1 Å². The Balaban J connectivity index is 4.52. The van der Waals surface area contributed by atoms with Gasteiger partial charge in [0, 0.05) is 18.9 Å². The van der Waals surface area contributed by atoms with Crippen molar-refractivity contribution in [3.05, 3.63) is 0 Å². The third-order valence-corrected chi connectivity index (χ3v) is 3.04. The van der Waals surface area contributed by atoms with Crippen molar-refractivity contribution < 1.29 is 9.59 Å². The maximum absolute atomic E-state index is 11.4. The van der Waals surface area contributed by atoms with Gasteiger partial charge < -0.3 is 11.1 Å². The summed E-state index contributed by atoms with van der Waals surface area (Å²) in [6.07, 6.45) is 1.76. The molecule has 0 aromatic heterocycles. The van der Waals surface area contributed by atoms with Crippen molar-refractivity contribution in [1.82, 2.24) is 5.32 Å². The van der Waals surface area contributed by atoms with Gasteiger partial charge in [-0.25, -0.2) is 0 Å². The Morgan fingerprint density at radius 3 is 2.12 bits per heavy atom. The summed E-state index contributed by atoms with van der Waals surface area (Å²) in [5.41, 5.74) is 5.18. The van der Waals surface area contributed by atoms with Gasteiger partial charge in [-0.15, -0.1) is 0 Å². The molecule has 2 amide bonds. The van der Waals surface area contributed by atoms with Crippen molar-refractivity contribution in [2.75, 3.05) is 0 Å². The molecule has 0 aromatic carbocycles. The lowest BCUT2D eigenvalue weighted by atomic mass is 9.86. The number of primary amides is 1. The van der Waals surface area contributed by atoms with Crippen LogP contribution >= 0.6 is 0 Å². The molecule has 0 bridgehead atoms. The Kier molecular flexibility index (Phi) is 6.77. The first kappa shape index (κ1) is 14.9. The Labute approximate surface area is 98.0 Å². The maximum atomic E-state index is 11.4. The predicted octanol–water partition coefficient (Wildman–Crippen LogP) is 1.44. The van der Waals surface area contributed by atoms with E-state index in [0.29, 0.717) is 18.8 Å². The second kappa shape index (κ2) is 7.25. The van der Waals surface area contributed by atoms with Gasteiger partial charge in [0.25, 0.3) is 0 Å². The van der Waals surface area contributed by atoms with E-state index in [0.717, 1.165) is 6.42 Å². The van der Waals surface area contributed by atoms with Crippen LogP contribution in [-0.4, -0.2) is 17.9 Å². The van der Waals surface area contributed by atoms with Crippen molar-refractivity contribution in [1.29, 1.82) is 0 Å². The molecular weight excluding hydrogens is 204 g/mol. The molecule has 4 heteroatoms. The van der Waals surface area contributed by atoms with Crippen LogP contribution in [0.15, 0.2) is 0 Å². The topological polar surface area (TPSA) is 72.2 Å². The van der Waals surface area contributed by atoms with E-state index in [4.69, 9.17) is 5.73 Å². The van der Waals surface area contributed by atoms with Gasteiger partial charge in [-0.2, -0.15) is 0 Å². The highest BCUT2D eigenvalue weighted by atomic mass is 16.2. The van der Waals surface area contributed by atoms with Crippen molar-refractivity contribution in [2.45, 2.75) is 53.0 Å². The number of nitrogens with two attached hydrogens (primary N) is 1. The van der Waals surface area contributed by atoms with Crippen LogP contribution in [-0.2, 0) is 9.59 Å². The lowest BCUT2D eigenvalue weighted by molar-refractivity contribution is -0.123. The molecule has 3 N–H and O–H groups in total. The van der Waals surface area contributed by atoms with Crippen LogP contribution in [0.5, 0.6) is 0 Å². The second-order valence-electron chi connectivity index (χ2n) is 4.48. The van der Waals surface area contributed by atoms with Crippen molar-refractivity contribution in [3.63, 3.8) is 0 Å². The first-order valence-corrected chi connectivity index (χ1v) is 5.99. The van der Waals surface area contributed by atoms with Gasteiger partial charge >= 0.3 is 0 Å². The van der Waals surface area contributed by atoms with Crippen molar-refractivity contribution in [2.24, 2.45) is 17.6 Å². The van der Waals surface area contributed by atoms with Crippen molar-refractivity contribution >= 4 is 11.8 Å². The van der Waals surface area contributed by atoms with Crippen LogP contribution in [0.4, 0.5) is 0 Å². The highest BCUT2D eigenvalue weighted by Crippen LogP contribution is 2.18. The highest BCUT2D eigenvalue weighted by Gasteiger charge is 2.24. The third kappa shape index (κ3) is 5.14. The minimum Gasteiger partial charge on any atom is -0.370 e. The number of nitrogens with one attached hydrogen (secondary N) is 1. The molecule has 0 aliphatic rings. The molecule has 0 rings (SSSR count). The fourth-order valence-electron chi connectivity index (χ4n) is 1.83. The predicted molar refractivity (Wildman–Crippen MR) is 64.7 cm³/mol. The van der Waals surface area contributed by atoms with Crippen LogP contribution in [0.25, 0.3) is 0 Å². The van der Waals surface area contributed by atoms with E-state index in [2.05, 4.69) is 19.2 Å². The highest BCUT2D eigenvalue weighted by molar-refractivity contribution is 5.76. The fraction of sp³-hybridized carbons (Fsp3) is 0.833. The Morgan fingerprint density at radius 2 is 1.75 bits per heavy atom. The molecule has 0 radical (unpaired) electrons. The summed E-state index contributed by atoms with van der Waals surface area (Å²) in [5, 5.41) is 2.98. The average molecular weight is 228 g/mol. The number of rotatable bonds is 7. The molecule has 0 spiro atoms. The SMILES string of the molecule is CCC(=O)NC(C(C)CC)C(C)CC(N)=O. The fourth-order valence-corrected chi connectivity index (χ4v) is 1.83. The molecule has 0 heterocycles. The van der Waals surface area contributed by atoms with E-state index >= 15 is 0 Å². The van der Waals surface area contributed by atoms with Crippen LogP contribution in [0.3, 0.4) is 0 Å². The van der Waals surface area contributed by atoms with E-state index in [9.17, 15) is 9.59 Å². The zero-order valence-corrected chi connectivity index (χ0v) is 10.7. The summed E-state index contributed by atoms with van der Waals surface area (Å²) in [7, 11) is 0. The quantitative estimate of drug-likeness (QED) is 0.692. The molecule has 3 atom stereocenters. The molecule has 4 nitrogen and oxygen atoms in total. The molecule has 0 saturated carbocycles. The summed E-state index contributed by atoms with van der Waals surface area (Å²) in [5.74, 6) is 0.154.